The average Bonchev–Trinajstić information content (AvgIpc) is 2.51. The van der Waals surface area contributed by atoms with Crippen molar-refractivity contribution in [1.29, 1.82) is 5.26 Å². The number of hydrogen-bond acceptors (Lipinski definition) is 3. The van der Waals surface area contributed by atoms with Gasteiger partial charge in [0, 0.05) is 0 Å². The fourth-order valence-corrected chi connectivity index (χ4v) is 2.15. The Balaban J connectivity index is 2.08. The Hall–Kier alpha value is -2.93. The molecule has 0 aliphatic carbocycles. The van der Waals surface area contributed by atoms with Gasteiger partial charge in [-0.3, -0.25) is 4.79 Å². The van der Waals surface area contributed by atoms with Crippen LogP contribution in [0.2, 0.25) is 0 Å². The maximum atomic E-state index is 12.0. The van der Waals surface area contributed by atoms with Crippen molar-refractivity contribution in [3.63, 3.8) is 0 Å². The van der Waals surface area contributed by atoms with Crippen molar-refractivity contribution in [2.45, 2.75) is 6.54 Å². The van der Waals surface area contributed by atoms with Crippen LogP contribution in [-0.4, -0.2) is 9.55 Å². The molecule has 1 aromatic heterocycles. The van der Waals surface area contributed by atoms with Crippen LogP contribution in [0.1, 0.15) is 11.1 Å². The normalized spacial score (nSPS) is 10.3. The Morgan fingerprint density at radius 3 is 2.60 bits per heavy atom. The summed E-state index contributed by atoms with van der Waals surface area (Å²) < 4.78 is 1.68. The van der Waals surface area contributed by atoms with Crippen molar-refractivity contribution in [2.24, 2.45) is 0 Å². The van der Waals surface area contributed by atoms with Gasteiger partial charge in [0.15, 0.2) is 0 Å². The summed E-state index contributed by atoms with van der Waals surface area (Å²) in [5, 5.41) is 8.79. The molecule has 0 atom stereocenters. The molecule has 3 aromatic rings. The molecular weight excluding hydrogens is 250 g/mol. The molecule has 0 N–H and O–H groups in total. The van der Waals surface area contributed by atoms with E-state index in [1.165, 1.54) is 6.20 Å². The smallest absolute Gasteiger partial charge is 0.269 e. The maximum Gasteiger partial charge on any atom is 0.269 e. The third-order valence-corrected chi connectivity index (χ3v) is 3.18. The van der Waals surface area contributed by atoms with E-state index in [2.05, 4.69) is 11.1 Å². The van der Waals surface area contributed by atoms with E-state index in [1.807, 2.05) is 36.4 Å². The lowest BCUT2D eigenvalue weighted by Crippen LogP contribution is -2.21. The van der Waals surface area contributed by atoms with Gasteiger partial charge in [-0.25, -0.2) is 4.98 Å². The van der Waals surface area contributed by atoms with E-state index in [0.717, 1.165) is 16.6 Å². The molecule has 0 radical (unpaired) electrons. The summed E-state index contributed by atoms with van der Waals surface area (Å²) in [6.45, 7) is 0.466. The van der Waals surface area contributed by atoms with Crippen LogP contribution in [-0.2, 0) is 6.54 Å². The van der Waals surface area contributed by atoms with E-state index in [0.29, 0.717) is 12.1 Å². The Labute approximate surface area is 115 Å². The highest BCUT2D eigenvalue weighted by atomic mass is 16.1. The number of nitrogens with zero attached hydrogens (tertiary/aromatic N) is 3. The SMILES string of the molecule is N#Cc1ccc(Cn2c(=O)cnc3ccccc32)cc1. The molecule has 0 amide bonds. The maximum absolute atomic E-state index is 12.0. The largest absolute Gasteiger partial charge is 0.301 e. The van der Waals surface area contributed by atoms with Gasteiger partial charge < -0.3 is 4.57 Å². The molecule has 0 saturated carbocycles. The van der Waals surface area contributed by atoms with Crippen molar-refractivity contribution in [3.05, 3.63) is 76.2 Å². The zero-order valence-electron chi connectivity index (χ0n) is 10.7. The Bertz CT molecular complexity index is 857. The van der Waals surface area contributed by atoms with Crippen molar-refractivity contribution in [2.75, 3.05) is 0 Å². The van der Waals surface area contributed by atoms with E-state index in [4.69, 9.17) is 5.26 Å². The highest BCUT2D eigenvalue weighted by Gasteiger charge is 2.04. The first-order valence-electron chi connectivity index (χ1n) is 6.21. The molecule has 0 fully saturated rings. The zero-order chi connectivity index (χ0) is 13.9. The van der Waals surface area contributed by atoms with Crippen LogP contribution in [0.25, 0.3) is 11.0 Å². The monoisotopic (exact) mass is 261 g/mol. The quantitative estimate of drug-likeness (QED) is 0.711. The van der Waals surface area contributed by atoms with Gasteiger partial charge in [-0.1, -0.05) is 24.3 Å². The molecule has 1 heterocycles. The van der Waals surface area contributed by atoms with E-state index in [1.54, 1.807) is 16.7 Å². The molecule has 0 spiro atoms. The van der Waals surface area contributed by atoms with Crippen LogP contribution in [0, 0.1) is 11.3 Å². The molecular formula is C16H11N3O. The minimum Gasteiger partial charge on any atom is -0.301 e. The van der Waals surface area contributed by atoms with Crippen molar-refractivity contribution < 1.29 is 0 Å². The second-order valence-electron chi connectivity index (χ2n) is 4.48. The third-order valence-electron chi connectivity index (χ3n) is 3.18. The van der Waals surface area contributed by atoms with Crippen molar-refractivity contribution >= 4 is 11.0 Å². The first kappa shape index (κ1) is 12.1. The number of rotatable bonds is 2. The lowest BCUT2D eigenvalue weighted by Gasteiger charge is -2.09. The number of hydrogen-bond donors (Lipinski definition) is 0. The van der Waals surface area contributed by atoms with Crippen molar-refractivity contribution in [3.8, 4) is 6.07 Å². The predicted molar refractivity (Wildman–Crippen MR) is 76.3 cm³/mol. The standard InChI is InChI=1S/C16H11N3O/c17-9-12-5-7-13(8-6-12)11-19-15-4-2-1-3-14(15)18-10-16(19)20/h1-8,10H,11H2. The number of aromatic nitrogens is 2. The molecule has 0 bridgehead atoms. The molecule has 20 heavy (non-hydrogen) atoms. The molecule has 0 aliphatic heterocycles. The van der Waals surface area contributed by atoms with E-state index >= 15 is 0 Å². The lowest BCUT2D eigenvalue weighted by atomic mass is 10.1. The van der Waals surface area contributed by atoms with Gasteiger partial charge in [-0.05, 0) is 29.8 Å². The van der Waals surface area contributed by atoms with Crippen LogP contribution in [0.5, 0.6) is 0 Å². The van der Waals surface area contributed by atoms with Gasteiger partial charge in [-0.15, -0.1) is 0 Å². The molecule has 2 aromatic carbocycles. The number of benzene rings is 2. The lowest BCUT2D eigenvalue weighted by molar-refractivity contribution is 0.787. The van der Waals surface area contributed by atoms with Crippen LogP contribution in [0.15, 0.2) is 59.5 Å². The zero-order valence-corrected chi connectivity index (χ0v) is 10.7. The van der Waals surface area contributed by atoms with E-state index in [9.17, 15) is 4.79 Å². The number of para-hydroxylation sites is 2. The summed E-state index contributed by atoms with van der Waals surface area (Å²) in [5.74, 6) is 0. The molecule has 0 aliphatic rings. The van der Waals surface area contributed by atoms with Gasteiger partial charge in [0.05, 0.1) is 35.4 Å². The Morgan fingerprint density at radius 1 is 1.10 bits per heavy atom. The Morgan fingerprint density at radius 2 is 1.85 bits per heavy atom. The van der Waals surface area contributed by atoms with Crippen LogP contribution in [0.3, 0.4) is 0 Å². The Kier molecular flexibility index (Phi) is 3.02. The van der Waals surface area contributed by atoms with Gasteiger partial charge in [0.2, 0.25) is 0 Å². The highest BCUT2D eigenvalue weighted by Crippen LogP contribution is 2.11. The first-order valence-corrected chi connectivity index (χ1v) is 6.21. The second kappa shape index (κ2) is 4.98. The molecule has 4 heteroatoms. The van der Waals surface area contributed by atoms with Gasteiger partial charge >= 0.3 is 0 Å². The van der Waals surface area contributed by atoms with Crippen LogP contribution < -0.4 is 5.56 Å². The highest BCUT2D eigenvalue weighted by molar-refractivity contribution is 5.74. The van der Waals surface area contributed by atoms with E-state index < -0.39 is 0 Å². The summed E-state index contributed by atoms with van der Waals surface area (Å²) in [6.07, 6.45) is 1.34. The minimum absolute atomic E-state index is 0.131. The van der Waals surface area contributed by atoms with Crippen LogP contribution in [0.4, 0.5) is 0 Å². The second-order valence-corrected chi connectivity index (χ2v) is 4.48. The predicted octanol–water partition coefficient (Wildman–Crippen LogP) is 2.32. The average molecular weight is 261 g/mol. The summed E-state index contributed by atoms with van der Waals surface area (Å²) in [4.78, 5) is 16.1. The van der Waals surface area contributed by atoms with Gasteiger partial charge in [0.25, 0.3) is 5.56 Å². The van der Waals surface area contributed by atoms with E-state index in [-0.39, 0.29) is 5.56 Å². The summed E-state index contributed by atoms with van der Waals surface area (Å²) in [5.41, 5.74) is 3.06. The molecule has 0 saturated heterocycles. The minimum atomic E-state index is -0.131. The van der Waals surface area contributed by atoms with Gasteiger partial charge in [-0.2, -0.15) is 5.26 Å². The molecule has 4 nitrogen and oxygen atoms in total. The summed E-state index contributed by atoms with van der Waals surface area (Å²) in [7, 11) is 0. The van der Waals surface area contributed by atoms with Crippen LogP contribution >= 0.6 is 0 Å². The van der Waals surface area contributed by atoms with Gasteiger partial charge in [0.1, 0.15) is 0 Å². The molecule has 96 valence electrons. The summed E-state index contributed by atoms with van der Waals surface area (Å²) >= 11 is 0. The molecule has 3 rings (SSSR count). The molecule has 0 unspecified atom stereocenters. The third kappa shape index (κ3) is 2.17. The summed E-state index contributed by atoms with van der Waals surface area (Å²) in [6, 6.07) is 16.9. The van der Waals surface area contributed by atoms with Crippen molar-refractivity contribution in [1.82, 2.24) is 9.55 Å². The number of fused-ring (bicyclic) bond motifs is 1. The fourth-order valence-electron chi connectivity index (χ4n) is 2.15. The number of nitriles is 1. The fraction of sp³-hybridized carbons (Fsp3) is 0.0625. The topological polar surface area (TPSA) is 58.7 Å². The first-order chi connectivity index (χ1) is 9.78.